The number of nitrogens with one attached hydrogen (secondary N) is 1. The van der Waals surface area contributed by atoms with Crippen LogP contribution in [0.3, 0.4) is 0 Å². The van der Waals surface area contributed by atoms with Crippen LogP contribution in [0.4, 0.5) is 0 Å². The molecule has 2 aromatic rings. The van der Waals surface area contributed by atoms with Gasteiger partial charge < -0.3 is 9.84 Å². The molecule has 0 saturated carbocycles. The molecular weight excluding hydrogens is 214 g/mol. The molecule has 0 amide bonds. The zero-order valence-electron chi connectivity index (χ0n) is 10.2. The van der Waals surface area contributed by atoms with Crippen molar-refractivity contribution in [2.75, 3.05) is 0 Å². The third-order valence-electron chi connectivity index (χ3n) is 2.71. The highest BCUT2D eigenvalue weighted by atomic mass is 16.5. The van der Waals surface area contributed by atoms with Crippen LogP contribution in [-0.2, 0) is 6.54 Å². The van der Waals surface area contributed by atoms with Crippen LogP contribution in [0.1, 0.15) is 26.2 Å². The fourth-order valence-electron chi connectivity index (χ4n) is 1.44. The molecule has 0 aliphatic carbocycles. The van der Waals surface area contributed by atoms with Crippen LogP contribution >= 0.6 is 0 Å². The molecule has 90 valence electrons. The summed E-state index contributed by atoms with van der Waals surface area (Å²) >= 11 is 0. The van der Waals surface area contributed by atoms with Crippen LogP contribution in [0.25, 0.3) is 11.4 Å². The molecule has 0 radical (unpaired) electrons. The summed E-state index contributed by atoms with van der Waals surface area (Å²) in [6.07, 6.45) is 1.08. The van der Waals surface area contributed by atoms with Crippen molar-refractivity contribution >= 4 is 0 Å². The summed E-state index contributed by atoms with van der Waals surface area (Å²) in [5.41, 5.74) is 0.978. The largest absolute Gasteiger partial charge is 0.338 e. The quantitative estimate of drug-likeness (QED) is 0.859. The Kier molecular flexibility index (Phi) is 3.88. The second kappa shape index (κ2) is 5.59. The Morgan fingerprint density at radius 3 is 2.76 bits per heavy atom. The third kappa shape index (κ3) is 3.14. The maximum Gasteiger partial charge on any atom is 0.240 e. The van der Waals surface area contributed by atoms with E-state index in [1.165, 1.54) is 0 Å². The Balaban J connectivity index is 2.01. The summed E-state index contributed by atoms with van der Waals surface area (Å²) in [6.45, 7) is 4.89. The van der Waals surface area contributed by atoms with E-state index in [2.05, 4.69) is 29.3 Å². The van der Waals surface area contributed by atoms with Gasteiger partial charge in [0.15, 0.2) is 0 Å². The van der Waals surface area contributed by atoms with Gasteiger partial charge in [-0.1, -0.05) is 42.4 Å². The summed E-state index contributed by atoms with van der Waals surface area (Å²) in [5.74, 6) is 1.27. The van der Waals surface area contributed by atoms with E-state index in [0.717, 1.165) is 12.0 Å². The van der Waals surface area contributed by atoms with Gasteiger partial charge >= 0.3 is 0 Å². The SMILES string of the molecule is CCC(C)NCc1nc(-c2ccccc2)no1. The van der Waals surface area contributed by atoms with E-state index in [1.54, 1.807) is 0 Å². The van der Waals surface area contributed by atoms with Gasteiger partial charge in [0, 0.05) is 11.6 Å². The van der Waals surface area contributed by atoms with E-state index in [4.69, 9.17) is 4.52 Å². The number of hydrogen-bond acceptors (Lipinski definition) is 4. The normalized spacial score (nSPS) is 12.6. The predicted octanol–water partition coefficient (Wildman–Crippen LogP) is 2.62. The van der Waals surface area contributed by atoms with E-state index in [1.807, 2.05) is 30.3 Å². The summed E-state index contributed by atoms with van der Waals surface area (Å²) in [4.78, 5) is 4.35. The van der Waals surface area contributed by atoms with Crippen LogP contribution in [0.15, 0.2) is 34.9 Å². The van der Waals surface area contributed by atoms with Gasteiger partial charge in [0.1, 0.15) is 0 Å². The molecule has 0 saturated heterocycles. The van der Waals surface area contributed by atoms with Crippen molar-refractivity contribution < 1.29 is 4.52 Å². The summed E-state index contributed by atoms with van der Waals surface area (Å²) in [7, 11) is 0. The highest BCUT2D eigenvalue weighted by Gasteiger charge is 2.08. The van der Waals surface area contributed by atoms with E-state index in [9.17, 15) is 0 Å². The fourth-order valence-corrected chi connectivity index (χ4v) is 1.44. The zero-order valence-corrected chi connectivity index (χ0v) is 10.2. The molecule has 0 aliphatic heterocycles. The molecule has 0 bridgehead atoms. The lowest BCUT2D eigenvalue weighted by Gasteiger charge is -2.07. The molecule has 0 spiro atoms. The molecule has 2 rings (SSSR count). The van der Waals surface area contributed by atoms with Gasteiger partial charge in [0.25, 0.3) is 0 Å². The molecule has 1 unspecified atom stereocenters. The van der Waals surface area contributed by atoms with Crippen molar-refractivity contribution in [3.8, 4) is 11.4 Å². The van der Waals surface area contributed by atoms with Crippen molar-refractivity contribution in [2.45, 2.75) is 32.9 Å². The van der Waals surface area contributed by atoms with Crippen LogP contribution in [0.2, 0.25) is 0 Å². The first kappa shape index (κ1) is 11.8. The lowest BCUT2D eigenvalue weighted by atomic mass is 10.2. The topological polar surface area (TPSA) is 51.0 Å². The fraction of sp³-hybridized carbons (Fsp3) is 0.385. The molecule has 4 heteroatoms. The first-order valence-corrected chi connectivity index (χ1v) is 5.91. The molecule has 1 atom stereocenters. The minimum Gasteiger partial charge on any atom is -0.338 e. The number of rotatable bonds is 5. The van der Waals surface area contributed by atoms with E-state index < -0.39 is 0 Å². The Bertz CT molecular complexity index is 453. The third-order valence-corrected chi connectivity index (χ3v) is 2.71. The molecule has 1 N–H and O–H groups in total. The predicted molar refractivity (Wildman–Crippen MR) is 66.3 cm³/mol. The maximum atomic E-state index is 5.19. The van der Waals surface area contributed by atoms with Crippen LogP contribution in [0.5, 0.6) is 0 Å². The van der Waals surface area contributed by atoms with Crippen LogP contribution in [0, 0.1) is 0 Å². The first-order valence-electron chi connectivity index (χ1n) is 5.91. The van der Waals surface area contributed by atoms with Crippen molar-refractivity contribution in [3.05, 3.63) is 36.2 Å². The minimum absolute atomic E-state index is 0.460. The van der Waals surface area contributed by atoms with Crippen LogP contribution in [-0.4, -0.2) is 16.2 Å². The van der Waals surface area contributed by atoms with Gasteiger partial charge in [0.05, 0.1) is 6.54 Å². The molecule has 1 aromatic carbocycles. The average Bonchev–Trinajstić information content (AvgIpc) is 2.86. The highest BCUT2D eigenvalue weighted by Crippen LogP contribution is 2.14. The number of aromatic nitrogens is 2. The lowest BCUT2D eigenvalue weighted by Crippen LogP contribution is -2.24. The maximum absolute atomic E-state index is 5.19. The van der Waals surface area contributed by atoms with Crippen molar-refractivity contribution in [3.63, 3.8) is 0 Å². The highest BCUT2D eigenvalue weighted by molar-refractivity contribution is 5.53. The van der Waals surface area contributed by atoms with Gasteiger partial charge in [-0.15, -0.1) is 0 Å². The average molecular weight is 231 g/mol. The van der Waals surface area contributed by atoms with Gasteiger partial charge in [-0.05, 0) is 13.3 Å². The van der Waals surface area contributed by atoms with Crippen LogP contribution < -0.4 is 5.32 Å². The first-order chi connectivity index (χ1) is 8.29. The monoisotopic (exact) mass is 231 g/mol. The molecule has 0 fully saturated rings. The Hall–Kier alpha value is -1.68. The molecule has 4 nitrogen and oxygen atoms in total. The Labute approximate surface area is 101 Å². The number of hydrogen-bond donors (Lipinski definition) is 1. The van der Waals surface area contributed by atoms with Crippen molar-refractivity contribution in [1.29, 1.82) is 0 Å². The summed E-state index contributed by atoms with van der Waals surface area (Å²) in [6, 6.07) is 10.3. The molecule has 1 aromatic heterocycles. The van der Waals surface area contributed by atoms with Gasteiger partial charge in [-0.3, -0.25) is 0 Å². The second-order valence-corrected chi connectivity index (χ2v) is 4.07. The number of nitrogens with zero attached hydrogens (tertiary/aromatic N) is 2. The zero-order chi connectivity index (χ0) is 12.1. The van der Waals surface area contributed by atoms with E-state index in [0.29, 0.717) is 24.3 Å². The Morgan fingerprint density at radius 2 is 2.06 bits per heavy atom. The minimum atomic E-state index is 0.460. The summed E-state index contributed by atoms with van der Waals surface area (Å²) < 4.78 is 5.19. The van der Waals surface area contributed by atoms with Gasteiger partial charge in [-0.25, -0.2) is 0 Å². The van der Waals surface area contributed by atoms with E-state index in [-0.39, 0.29) is 0 Å². The summed E-state index contributed by atoms with van der Waals surface area (Å²) in [5, 5.41) is 7.28. The van der Waals surface area contributed by atoms with E-state index >= 15 is 0 Å². The standard InChI is InChI=1S/C13H17N3O/c1-3-10(2)14-9-12-15-13(16-17-12)11-7-5-4-6-8-11/h4-8,10,14H,3,9H2,1-2H3. The molecule has 1 heterocycles. The Morgan fingerprint density at radius 1 is 1.29 bits per heavy atom. The molecule has 0 aliphatic rings. The van der Waals surface area contributed by atoms with Crippen molar-refractivity contribution in [2.24, 2.45) is 0 Å². The number of benzene rings is 1. The van der Waals surface area contributed by atoms with Gasteiger partial charge in [-0.2, -0.15) is 4.98 Å². The van der Waals surface area contributed by atoms with Gasteiger partial charge in [0.2, 0.25) is 11.7 Å². The molecule has 17 heavy (non-hydrogen) atoms. The molecular formula is C13H17N3O. The smallest absolute Gasteiger partial charge is 0.240 e. The second-order valence-electron chi connectivity index (χ2n) is 4.07. The lowest BCUT2D eigenvalue weighted by molar-refractivity contribution is 0.358. The van der Waals surface area contributed by atoms with Crippen molar-refractivity contribution in [1.82, 2.24) is 15.5 Å².